The first-order valence-corrected chi connectivity index (χ1v) is 12.2. The second-order valence-electron chi connectivity index (χ2n) is 9.42. The van der Waals surface area contributed by atoms with Crippen molar-refractivity contribution < 1.29 is 18.3 Å². The molecule has 4 nitrogen and oxygen atoms in total. The molecule has 1 saturated carbocycles. The van der Waals surface area contributed by atoms with Crippen LogP contribution >= 0.6 is 0 Å². The molecule has 34 heavy (non-hydrogen) atoms. The summed E-state index contributed by atoms with van der Waals surface area (Å²) in [4.78, 5) is 6.71. The maximum atomic E-state index is 12.9. The van der Waals surface area contributed by atoms with Crippen LogP contribution in [0.1, 0.15) is 56.1 Å². The summed E-state index contributed by atoms with van der Waals surface area (Å²) in [7, 11) is 0. The van der Waals surface area contributed by atoms with Gasteiger partial charge in [0.1, 0.15) is 12.4 Å². The molecule has 1 aliphatic carbocycles. The highest BCUT2D eigenvalue weighted by Crippen LogP contribution is 2.36. The number of alkyl halides is 3. The summed E-state index contributed by atoms with van der Waals surface area (Å²) in [5, 5.41) is 12.6. The Labute approximate surface area is 199 Å². The topological polar surface area (TPSA) is 48.4 Å². The van der Waals surface area contributed by atoms with E-state index in [9.17, 15) is 13.2 Å². The zero-order valence-corrected chi connectivity index (χ0v) is 19.3. The molecule has 2 aromatic rings. The number of nitrogens with one attached hydrogen (secondary N) is 1. The van der Waals surface area contributed by atoms with Crippen molar-refractivity contribution in [3.05, 3.63) is 53.7 Å². The van der Waals surface area contributed by atoms with Crippen molar-refractivity contribution in [1.82, 2.24) is 4.98 Å². The third-order valence-electron chi connectivity index (χ3n) is 7.03. The van der Waals surface area contributed by atoms with Crippen molar-refractivity contribution in [2.75, 3.05) is 29.9 Å². The van der Waals surface area contributed by atoms with Gasteiger partial charge in [0.2, 0.25) is 0 Å². The molecular formula is C27H32F3N3O. The molecule has 2 heterocycles. The monoisotopic (exact) mass is 471 g/mol. The minimum absolute atomic E-state index is 0.166. The lowest BCUT2D eigenvalue weighted by atomic mass is 9.77. The summed E-state index contributed by atoms with van der Waals surface area (Å²) in [5.41, 5.74) is 1.11. The lowest BCUT2D eigenvalue weighted by molar-refractivity contribution is -0.137. The van der Waals surface area contributed by atoms with E-state index in [0.717, 1.165) is 55.8 Å². The lowest BCUT2D eigenvalue weighted by Crippen LogP contribution is -2.39. The molecule has 1 aromatic heterocycles. The molecule has 1 saturated heterocycles. The van der Waals surface area contributed by atoms with Crippen LogP contribution in [-0.2, 0) is 6.18 Å². The molecule has 2 N–H and O–H groups in total. The van der Waals surface area contributed by atoms with E-state index < -0.39 is 11.7 Å². The Balaban J connectivity index is 1.38. The minimum atomic E-state index is -4.30. The SMILES string of the molecule is OCC#Cc1ccnc(N[C@@H]2CCCC[C@H]2C[C@H]2CCCN(c3ccc(C(F)(F)F)cc3)C2)c1. The first-order chi connectivity index (χ1) is 16.4. The quantitative estimate of drug-likeness (QED) is 0.548. The number of nitrogens with zero attached hydrogens (tertiary/aromatic N) is 2. The third-order valence-corrected chi connectivity index (χ3v) is 7.03. The number of aliphatic hydroxyl groups excluding tert-OH is 1. The number of rotatable bonds is 5. The molecule has 7 heteroatoms. The first kappa shape index (κ1) is 24.4. The van der Waals surface area contributed by atoms with Gasteiger partial charge in [0.15, 0.2) is 0 Å². The van der Waals surface area contributed by atoms with Crippen LogP contribution in [0.25, 0.3) is 0 Å². The second-order valence-corrected chi connectivity index (χ2v) is 9.42. The van der Waals surface area contributed by atoms with Gasteiger partial charge in [-0.1, -0.05) is 24.7 Å². The lowest BCUT2D eigenvalue weighted by Gasteiger charge is -2.39. The van der Waals surface area contributed by atoms with Crippen molar-refractivity contribution in [2.24, 2.45) is 11.8 Å². The molecule has 182 valence electrons. The summed E-state index contributed by atoms with van der Waals surface area (Å²) in [6.45, 7) is 1.61. The number of hydrogen-bond donors (Lipinski definition) is 2. The molecule has 4 rings (SSSR count). The molecule has 0 unspecified atom stereocenters. The van der Waals surface area contributed by atoms with Crippen LogP contribution in [0.3, 0.4) is 0 Å². The van der Waals surface area contributed by atoms with Gasteiger partial charge < -0.3 is 15.3 Å². The molecule has 2 aliphatic rings. The van der Waals surface area contributed by atoms with E-state index in [1.54, 1.807) is 18.3 Å². The van der Waals surface area contributed by atoms with E-state index in [0.29, 0.717) is 17.9 Å². The number of halogens is 3. The van der Waals surface area contributed by atoms with E-state index in [4.69, 9.17) is 5.11 Å². The van der Waals surface area contributed by atoms with Crippen molar-refractivity contribution >= 4 is 11.5 Å². The Morgan fingerprint density at radius 3 is 2.62 bits per heavy atom. The largest absolute Gasteiger partial charge is 0.416 e. The first-order valence-electron chi connectivity index (χ1n) is 12.2. The van der Waals surface area contributed by atoms with E-state index >= 15 is 0 Å². The van der Waals surface area contributed by atoms with E-state index in [2.05, 4.69) is 27.0 Å². The summed E-state index contributed by atoms with van der Waals surface area (Å²) >= 11 is 0. The van der Waals surface area contributed by atoms with Crippen LogP contribution in [0.4, 0.5) is 24.7 Å². The third kappa shape index (κ3) is 6.44. The van der Waals surface area contributed by atoms with Crippen LogP contribution < -0.4 is 10.2 Å². The number of anilines is 2. The summed E-state index contributed by atoms with van der Waals surface area (Å²) < 4.78 is 38.7. The maximum Gasteiger partial charge on any atom is 0.416 e. The molecule has 1 aliphatic heterocycles. The van der Waals surface area contributed by atoms with Gasteiger partial charge in [-0.05, 0) is 80.3 Å². The average Bonchev–Trinajstić information content (AvgIpc) is 2.84. The summed E-state index contributed by atoms with van der Waals surface area (Å²) in [6, 6.07) is 9.70. The highest BCUT2D eigenvalue weighted by Gasteiger charge is 2.32. The fraction of sp³-hybridized carbons (Fsp3) is 0.519. The molecule has 0 radical (unpaired) electrons. The molecule has 0 spiro atoms. The van der Waals surface area contributed by atoms with Gasteiger partial charge in [-0.25, -0.2) is 4.98 Å². The van der Waals surface area contributed by atoms with Crippen molar-refractivity contribution in [2.45, 2.75) is 57.2 Å². The second kappa shape index (κ2) is 11.1. The van der Waals surface area contributed by atoms with Crippen LogP contribution in [0.15, 0.2) is 42.6 Å². The number of aromatic nitrogens is 1. The Bertz CT molecular complexity index is 997. The van der Waals surface area contributed by atoms with Gasteiger partial charge in [0, 0.05) is 36.6 Å². The standard InChI is InChI=1S/C27H32F3N3O/c28-27(29,30)23-9-11-24(12-10-23)33-15-3-5-21(19-33)17-22-7-1-2-8-25(22)32-26-18-20(6-4-16-34)13-14-31-26/h9-14,18,21-22,25,34H,1-3,5,7-8,15-17,19H2,(H,31,32)/t21-,22+,25-/m1/s1. The molecule has 1 aromatic carbocycles. The average molecular weight is 472 g/mol. The maximum absolute atomic E-state index is 12.9. The van der Waals surface area contributed by atoms with Crippen molar-refractivity contribution in [1.29, 1.82) is 0 Å². The summed E-state index contributed by atoms with van der Waals surface area (Å²) in [6.07, 6.45) is 5.48. The predicted octanol–water partition coefficient (Wildman–Crippen LogP) is 5.72. The van der Waals surface area contributed by atoms with Crippen LogP contribution in [0.2, 0.25) is 0 Å². The molecular weight excluding hydrogens is 439 g/mol. The van der Waals surface area contributed by atoms with Gasteiger partial charge in [-0.3, -0.25) is 0 Å². The van der Waals surface area contributed by atoms with Crippen LogP contribution in [0.5, 0.6) is 0 Å². The smallest absolute Gasteiger partial charge is 0.384 e. The van der Waals surface area contributed by atoms with E-state index in [-0.39, 0.29) is 6.61 Å². The molecule has 0 amide bonds. The van der Waals surface area contributed by atoms with Crippen LogP contribution in [-0.4, -0.2) is 35.8 Å². The molecule has 3 atom stereocenters. The Hall–Kier alpha value is -2.72. The van der Waals surface area contributed by atoms with Gasteiger partial charge >= 0.3 is 6.18 Å². The Morgan fingerprint density at radius 2 is 1.85 bits per heavy atom. The van der Waals surface area contributed by atoms with Crippen LogP contribution in [0, 0.1) is 23.7 Å². The van der Waals surface area contributed by atoms with Crippen molar-refractivity contribution in [3.63, 3.8) is 0 Å². The predicted molar refractivity (Wildman–Crippen MR) is 129 cm³/mol. The zero-order valence-electron chi connectivity index (χ0n) is 19.3. The Kier molecular flexibility index (Phi) is 7.99. The van der Waals surface area contributed by atoms with Gasteiger partial charge in [-0.15, -0.1) is 0 Å². The fourth-order valence-corrected chi connectivity index (χ4v) is 5.38. The molecule has 2 fully saturated rings. The van der Waals surface area contributed by atoms with Crippen molar-refractivity contribution in [3.8, 4) is 11.8 Å². The highest BCUT2D eigenvalue weighted by atomic mass is 19.4. The fourth-order valence-electron chi connectivity index (χ4n) is 5.38. The highest BCUT2D eigenvalue weighted by molar-refractivity contribution is 5.48. The summed E-state index contributed by atoms with van der Waals surface area (Å²) in [5.74, 6) is 7.49. The zero-order chi connectivity index (χ0) is 24.0. The normalized spacial score (nSPS) is 23.2. The number of piperidine rings is 1. The van der Waals surface area contributed by atoms with Gasteiger partial charge in [0.05, 0.1) is 5.56 Å². The van der Waals surface area contributed by atoms with Gasteiger partial charge in [0.25, 0.3) is 0 Å². The minimum Gasteiger partial charge on any atom is -0.384 e. The number of hydrogen-bond acceptors (Lipinski definition) is 4. The van der Waals surface area contributed by atoms with E-state index in [1.165, 1.54) is 31.4 Å². The number of pyridine rings is 1. The van der Waals surface area contributed by atoms with Gasteiger partial charge in [-0.2, -0.15) is 13.2 Å². The van der Waals surface area contributed by atoms with E-state index in [1.807, 2.05) is 12.1 Å². The molecule has 0 bridgehead atoms. The Morgan fingerprint density at radius 1 is 1.06 bits per heavy atom. The number of benzene rings is 1. The number of aliphatic hydroxyl groups is 1.